The van der Waals surface area contributed by atoms with Gasteiger partial charge in [0.25, 0.3) is 0 Å². The van der Waals surface area contributed by atoms with Gasteiger partial charge in [-0.2, -0.15) is 0 Å². The Balaban J connectivity index is 1.48. The van der Waals surface area contributed by atoms with E-state index in [4.69, 9.17) is 23.2 Å². The van der Waals surface area contributed by atoms with Crippen molar-refractivity contribution in [2.75, 3.05) is 10.6 Å². The fraction of sp³-hybridized carbons (Fsp3) is 0.179. The first-order chi connectivity index (χ1) is 17.9. The lowest BCUT2D eigenvalue weighted by atomic mass is 10.1. The van der Waals surface area contributed by atoms with Gasteiger partial charge in [-0.15, -0.1) is 23.1 Å². The van der Waals surface area contributed by atoms with Crippen LogP contribution < -0.4 is 10.6 Å². The van der Waals surface area contributed by atoms with Gasteiger partial charge in [-0.1, -0.05) is 72.9 Å². The van der Waals surface area contributed by atoms with Crippen LogP contribution in [0, 0.1) is 0 Å². The summed E-state index contributed by atoms with van der Waals surface area (Å²) in [5.41, 5.74) is 3.15. The normalized spacial score (nSPS) is 11.6. The second kappa shape index (κ2) is 13.1. The molecule has 0 saturated heterocycles. The summed E-state index contributed by atoms with van der Waals surface area (Å²) in [5, 5.41) is 8.68. The highest BCUT2D eigenvalue weighted by atomic mass is 35.5. The van der Waals surface area contributed by atoms with Crippen molar-refractivity contribution < 1.29 is 9.59 Å². The molecule has 0 spiro atoms. The fourth-order valence-corrected chi connectivity index (χ4v) is 5.55. The van der Waals surface area contributed by atoms with E-state index in [2.05, 4.69) is 22.5 Å². The van der Waals surface area contributed by atoms with E-state index in [9.17, 15) is 9.59 Å². The third kappa shape index (κ3) is 7.58. The van der Waals surface area contributed by atoms with Crippen LogP contribution in [-0.4, -0.2) is 16.8 Å². The number of benzene rings is 3. The van der Waals surface area contributed by atoms with Crippen LogP contribution in [0.2, 0.25) is 10.0 Å². The monoisotopic (exact) mass is 569 g/mol. The quantitative estimate of drug-likeness (QED) is 0.187. The number of halogens is 2. The zero-order valence-corrected chi connectivity index (χ0v) is 23.2. The van der Waals surface area contributed by atoms with E-state index in [1.807, 2.05) is 66.0 Å². The third-order valence-corrected chi connectivity index (χ3v) is 8.20. The molecule has 0 aliphatic rings. The van der Waals surface area contributed by atoms with Crippen molar-refractivity contribution in [3.05, 3.63) is 93.8 Å². The van der Waals surface area contributed by atoms with Gasteiger partial charge < -0.3 is 10.6 Å². The number of thiazole rings is 1. The Morgan fingerprint density at radius 1 is 0.973 bits per heavy atom. The Kier molecular flexibility index (Phi) is 9.63. The van der Waals surface area contributed by atoms with E-state index >= 15 is 0 Å². The SMILES string of the molecule is CCCCC(=O)Nc1ccc(SC(C(=O)Nc2nc(-c3ccc(Cl)c(Cl)c3)cs2)c2ccccc2)cc1. The molecule has 1 heterocycles. The molecule has 0 bridgehead atoms. The molecule has 37 heavy (non-hydrogen) atoms. The number of unbranched alkanes of at least 4 members (excludes halogenated alkanes) is 1. The van der Waals surface area contributed by atoms with Crippen LogP contribution in [0.25, 0.3) is 11.3 Å². The largest absolute Gasteiger partial charge is 0.326 e. The zero-order chi connectivity index (χ0) is 26.2. The minimum Gasteiger partial charge on any atom is -0.326 e. The molecule has 0 aliphatic carbocycles. The predicted molar refractivity (Wildman–Crippen MR) is 156 cm³/mol. The van der Waals surface area contributed by atoms with Crippen molar-refractivity contribution in [2.45, 2.75) is 36.3 Å². The smallest absolute Gasteiger partial charge is 0.244 e. The van der Waals surface area contributed by atoms with Gasteiger partial charge in [-0.05, 0) is 48.4 Å². The van der Waals surface area contributed by atoms with Crippen LogP contribution in [0.1, 0.15) is 37.0 Å². The lowest BCUT2D eigenvalue weighted by Gasteiger charge is -2.16. The second-order valence-electron chi connectivity index (χ2n) is 8.24. The van der Waals surface area contributed by atoms with Gasteiger partial charge in [0.05, 0.1) is 15.7 Å². The van der Waals surface area contributed by atoms with E-state index in [-0.39, 0.29) is 11.8 Å². The highest BCUT2D eigenvalue weighted by Crippen LogP contribution is 2.37. The molecule has 3 aromatic carbocycles. The van der Waals surface area contributed by atoms with Crippen molar-refractivity contribution in [2.24, 2.45) is 0 Å². The van der Waals surface area contributed by atoms with Crippen molar-refractivity contribution in [3.63, 3.8) is 0 Å². The molecule has 0 radical (unpaired) electrons. The number of nitrogens with zero attached hydrogens (tertiary/aromatic N) is 1. The highest BCUT2D eigenvalue weighted by molar-refractivity contribution is 8.00. The summed E-state index contributed by atoms with van der Waals surface area (Å²) in [6.07, 6.45) is 2.35. The van der Waals surface area contributed by atoms with E-state index in [0.717, 1.165) is 34.6 Å². The first kappa shape index (κ1) is 27.2. The van der Waals surface area contributed by atoms with Crippen LogP contribution in [0.15, 0.2) is 83.1 Å². The van der Waals surface area contributed by atoms with Crippen molar-refractivity contribution in [1.29, 1.82) is 0 Å². The number of nitrogens with one attached hydrogen (secondary N) is 2. The molecule has 0 fully saturated rings. The topological polar surface area (TPSA) is 71.1 Å². The number of amides is 2. The van der Waals surface area contributed by atoms with E-state index in [1.54, 1.807) is 12.1 Å². The molecular weight excluding hydrogens is 545 g/mol. The minimum absolute atomic E-state index is 0.00693. The lowest BCUT2D eigenvalue weighted by Crippen LogP contribution is -2.19. The first-order valence-electron chi connectivity index (χ1n) is 11.8. The molecule has 2 N–H and O–H groups in total. The van der Waals surface area contributed by atoms with Gasteiger partial charge in [-0.3, -0.25) is 9.59 Å². The predicted octanol–water partition coefficient (Wildman–Crippen LogP) is 8.72. The molecule has 0 saturated carbocycles. The Bertz CT molecular complexity index is 1360. The first-order valence-corrected chi connectivity index (χ1v) is 14.3. The Morgan fingerprint density at radius 2 is 1.73 bits per heavy atom. The van der Waals surface area contributed by atoms with Gasteiger partial charge in [0, 0.05) is 27.9 Å². The van der Waals surface area contributed by atoms with Crippen LogP contribution in [-0.2, 0) is 9.59 Å². The number of anilines is 2. The van der Waals surface area contributed by atoms with Gasteiger partial charge in [0.1, 0.15) is 5.25 Å². The minimum atomic E-state index is -0.497. The molecule has 1 aromatic heterocycles. The van der Waals surface area contributed by atoms with E-state index in [1.165, 1.54) is 23.1 Å². The highest BCUT2D eigenvalue weighted by Gasteiger charge is 2.23. The summed E-state index contributed by atoms with van der Waals surface area (Å²) in [6, 6.07) is 22.5. The molecule has 2 amide bonds. The maximum Gasteiger partial charge on any atom is 0.244 e. The number of hydrogen-bond acceptors (Lipinski definition) is 5. The van der Waals surface area contributed by atoms with Crippen molar-refractivity contribution >= 4 is 68.9 Å². The molecular formula is C28H25Cl2N3O2S2. The molecule has 0 aliphatic heterocycles. The Labute approximate surface area is 234 Å². The summed E-state index contributed by atoms with van der Waals surface area (Å²) in [5.74, 6) is -0.171. The van der Waals surface area contributed by atoms with Crippen LogP contribution >= 0.6 is 46.3 Å². The zero-order valence-electron chi connectivity index (χ0n) is 20.0. The maximum atomic E-state index is 13.4. The summed E-state index contributed by atoms with van der Waals surface area (Å²) in [7, 11) is 0. The average molecular weight is 571 g/mol. The van der Waals surface area contributed by atoms with Crippen molar-refractivity contribution in [3.8, 4) is 11.3 Å². The van der Waals surface area contributed by atoms with E-state index < -0.39 is 5.25 Å². The lowest BCUT2D eigenvalue weighted by molar-refractivity contribution is -0.116. The molecule has 5 nitrogen and oxygen atoms in total. The van der Waals surface area contributed by atoms with Crippen molar-refractivity contribution in [1.82, 2.24) is 4.98 Å². The van der Waals surface area contributed by atoms with Crippen LogP contribution in [0.3, 0.4) is 0 Å². The number of thioether (sulfide) groups is 1. The van der Waals surface area contributed by atoms with Crippen LogP contribution in [0.4, 0.5) is 10.8 Å². The van der Waals surface area contributed by atoms with E-state index in [0.29, 0.717) is 27.3 Å². The van der Waals surface area contributed by atoms with Gasteiger partial charge in [0.15, 0.2) is 5.13 Å². The number of rotatable bonds is 10. The van der Waals surface area contributed by atoms with Gasteiger partial charge >= 0.3 is 0 Å². The number of carbonyl (C=O) groups excluding carboxylic acids is 2. The molecule has 190 valence electrons. The Morgan fingerprint density at radius 3 is 2.43 bits per heavy atom. The summed E-state index contributed by atoms with van der Waals surface area (Å²) in [4.78, 5) is 30.9. The summed E-state index contributed by atoms with van der Waals surface area (Å²) >= 11 is 15.0. The maximum absolute atomic E-state index is 13.4. The molecule has 9 heteroatoms. The summed E-state index contributed by atoms with van der Waals surface area (Å²) < 4.78 is 0. The third-order valence-electron chi connectivity index (χ3n) is 5.44. The second-order valence-corrected chi connectivity index (χ2v) is 11.1. The number of hydrogen-bond donors (Lipinski definition) is 2. The fourth-order valence-electron chi connectivity index (χ4n) is 3.50. The number of carbonyl (C=O) groups is 2. The number of aromatic nitrogens is 1. The summed E-state index contributed by atoms with van der Waals surface area (Å²) in [6.45, 7) is 2.06. The van der Waals surface area contributed by atoms with Gasteiger partial charge in [-0.25, -0.2) is 4.98 Å². The standard InChI is InChI=1S/C28H25Cl2N3O2S2/c1-2-3-9-25(34)31-20-11-13-21(14-12-20)37-26(18-7-5-4-6-8-18)27(35)33-28-32-24(17-36-28)19-10-15-22(29)23(30)16-19/h4-8,10-17,26H,2-3,9H2,1H3,(H,31,34)(H,32,33,35). The Hall–Kier alpha value is -2.84. The molecule has 1 unspecified atom stereocenters. The molecule has 1 atom stereocenters. The van der Waals surface area contributed by atoms with Gasteiger partial charge in [0.2, 0.25) is 11.8 Å². The molecule has 4 aromatic rings. The average Bonchev–Trinajstić information content (AvgIpc) is 3.37. The van der Waals surface area contributed by atoms with Crippen LogP contribution in [0.5, 0.6) is 0 Å². The molecule has 4 rings (SSSR count).